The SMILES string of the molecule is OC(CN1CCOCC1)c1ccc(-c2cnc3cc(F)ccc3c2)cc1. The zero-order valence-electron chi connectivity index (χ0n) is 14.4. The van der Waals surface area contributed by atoms with Crippen molar-refractivity contribution < 1.29 is 14.2 Å². The molecule has 26 heavy (non-hydrogen) atoms. The molecule has 4 nitrogen and oxygen atoms in total. The minimum Gasteiger partial charge on any atom is -0.387 e. The summed E-state index contributed by atoms with van der Waals surface area (Å²) in [7, 11) is 0. The number of halogens is 1. The van der Waals surface area contributed by atoms with Gasteiger partial charge in [0, 0.05) is 42.8 Å². The van der Waals surface area contributed by atoms with Crippen LogP contribution in [0.15, 0.2) is 54.7 Å². The molecule has 0 aliphatic carbocycles. The smallest absolute Gasteiger partial charge is 0.125 e. The second-order valence-electron chi connectivity index (χ2n) is 6.61. The van der Waals surface area contributed by atoms with E-state index in [1.54, 1.807) is 12.3 Å². The molecular formula is C21H21FN2O2. The van der Waals surface area contributed by atoms with Crippen molar-refractivity contribution in [1.82, 2.24) is 9.88 Å². The van der Waals surface area contributed by atoms with Crippen molar-refractivity contribution in [3.8, 4) is 11.1 Å². The maximum absolute atomic E-state index is 13.3. The number of aliphatic hydroxyl groups is 1. The number of hydrogen-bond acceptors (Lipinski definition) is 4. The highest BCUT2D eigenvalue weighted by Gasteiger charge is 2.16. The number of nitrogens with zero attached hydrogens (tertiary/aromatic N) is 2. The first-order chi connectivity index (χ1) is 12.7. The number of aromatic nitrogens is 1. The fraction of sp³-hybridized carbons (Fsp3) is 0.286. The normalized spacial score (nSPS) is 16.7. The van der Waals surface area contributed by atoms with Gasteiger partial charge < -0.3 is 9.84 Å². The van der Waals surface area contributed by atoms with E-state index in [2.05, 4.69) is 9.88 Å². The number of aliphatic hydroxyl groups excluding tert-OH is 1. The summed E-state index contributed by atoms with van der Waals surface area (Å²) in [6.45, 7) is 3.79. The summed E-state index contributed by atoms with van der Waals surface area (Å²) in [5, 5.41) is 11.4. The van der Waals surface area contributed by atoms with Gasteiger partial charge in [-0.1, -0.05) is 24.3 Å². The molecule has 1 atom stereocenters. The van der Waals surface area contributed by atoms with Gasteiger partial charge in [-0.2, -0.15) is 0 Å². The number of hydrogen-bond donors (Lipinski definition) is 1. The molecule has 1 aliphatic rings. The van der Waals surface area contributed by atoms with Crippen molar-refractivity contribution in [2.75, 3.05) is 32.8 Å². The van der Waals surface area contributed by atoms with Gasteiger partial charge in [0.2, 0.25) is 0 Å². The van der Waals surface area contributed by atoms with Crippen molar-refractivity contribution >= 4 is 10.9 Å². The van der Waals surface area contributed by atoms with Gasteiger partial charge >= 0.3 is 0 Å². The van der Waals surface area contributed by atoms with Crippen LogP contribution in [0.5, 0.6) is 0 Å². The summed E-state index contributed by atoms with van der Waals surface area (Å²) in [5.41, 5.74) is 3.53. The maximum Gasteiger partial charge on any atom is 0.125 e. The quantitative estimate of drug-likeness (QED) is 0.782. The minimum absolute atomic E-state index is 0.281. The molecule has 1 saturated heterocycles. The van der Waals surface area contributed by atoms with Crippen LogP contribution in [0.3, 0.4) is 0 Å². The Balaban J connectivity index is 1.50. The van der Waals surface area contributed by atoms with Crippen LogP contribution in [0.1, 0.15) is 11.7 Å². The van der Waals surface area contributed by atoms with E-state index in [1.165, 1.54) is 12.1 Å². The summed E-state index contributed by atoms with van der Waals surface area (Å²) < 4.78 is 18.6. The number of β-amino-alcohol motifs (C(OH)–C–C–N with tert-alkyl or cyclic N) is 1. The van der Waals surface area contributed by atoms with Gasteiger partial charge in [0.1, 0.15) is 5.82 Å². The van der Waals surface area contributed by atoms with E-state index in [1.807, 2.05) is 30.3 Å². The summed E-state index contributed by atoms with van der Waals surface area (Å²) >= 11 is 0. The molecule has 134 valence electrons. The third-order valence-electron chi connectivity index (χ3n) is 4.81. The standard InChI is InChI=1S/C21H21FN2O2/c22-19-6-5-17-11-18(13-23-20(17)12-19)15-1-3-16(4-2-15)21(25)14-24-7-9-26-10-8-24/h1-6,11-13,21,25H,7-10,14H2. The maximum atomic E-state index is 13.3. The molecule has 1 unspecified atom stereocenters. The van der Waals surface area contributed by atoms with Crippen LogP contribution in [0.4, 0.5) is 4.39 Å². The van der Waals surface area contributed by atoms with E-state index < -0.39 is 6.10 Å². The monoisotopic (exact) mass is 352 g/mol. The van der Waals surface area contributed by atoms with Crippen molar-refractivity contribution in [1.29, 1.82) is 0 Å². The lowest BCUT2D eigenvalue weighted by molar-refractivity contribution is 0.0143. The zero-order chi connectivity index (χ0) is 17.9. The second kappa shape index (κ2) is 7.50. The lowest BCUT2D eigenvalue weighted by Crippen LogP contribution is -2.38. The van der Waals surface area contributed by atoms with Gasteiger partial charge in [0.25, 0.3) is 0 Å². The largest absolute Gasteiger partial charge is 0.387 e. The fourth-order valence-corrected chi connectivity index (χ4v) is 3.28. The third kappa shape index (κ3) is 3.75. The number of pyridine rings is 1. The Labute approximate surface area is 151 Å². The average molecular weight is 352 g/mol. The Morgan fingerprint density at radius 3 is 2.58 bits per heavy atom. The zero-order valence-corrected chi connectivity index (χ0v) is 14.4. The molecule has 1 aliphatic heterocycles. The van der Waals surface area contributed by atoms with Crippen LogP contribution in [0.2, 0.25) is 0 Å². The second-order valence-corrected chi connectivity index (χ2v) is 6.61. The van der Waals surface area contributed by atoms with Crippen LogP contribution >= 0.6 is 0 Å². The van der Waals surface area contributed by atoms with Crippen LogP contribution in [0.25, 0.3) is 22.0 Å². The van der Waals surface area contributed by atoms with Gasteiger partial charge in [0.05, 0.1) is 24.8 Å². The first kappa shape index (κ1) is 17.1. The number of rotatable bonds is 4. The summed E-state index contributed by atoms with van der Waals surface area (Å²) in [6, 6.07) is 14.5. The van der Waals surface area contributed by atoms with Gasteiger partial charge in [-0.25, -0.2) is 4.39 Å². The van der Waals surface area contributed by atoms with E-state index in [-0.39, 0.29) is 5.82 Å². The highest BCUT2D eigenvalue weighted by molar-refractivity contribution is 5.83. The fourth-order valence-electron chi connectivity index (χ4n) is 3.28. The van der Waals surface area contributed by atoms with E-state index in [9.17, 15) is 9.50 Å². The third-order valence-corrected chi connectivity index (χ3v) is 4.81. The van der Waals surface area contributed by atoms with Crippen molar-refractivity contribution in [2.24, 2.45) is 0 Å². The molecule has 2 heterocycles. The van der Waals surface area contributed by atoms with Crippen LogP contribution in [-0.2, 0) is 4.74 Å². The van der Waals surface area contributed by atoms with E-state index in [0.717, 1.165) is 48.4 Å². The summed E-state index contributed by atoms with van der Waals surface area (Å²) in [4.78, 5) is 6.56. The predicted molar refractivity (Wildman–Crippen MR) is 99.4 cm³/mol. The molecular weight excluding hydrogens is 331 g/mol. The predicted octanol–water partition coefficient (Wildman–Crippen LogP) is 3.41. The Morgan fingerprint density at radius 1 is 1.04 bits per heavy atom. The van der Waals surface area contributed by atoms with Crippen molar-refractivity contribution in [3.63, 3.8) is 0 Å². The van der Waals surface area contributed by atoms with Crippen LogP contribution in [0, 0.1) is 5.82 Å². The molecule has 1 N–H and O–H groups in total. The topological polar surface area (TPSA) is 45.6 Å². The van der Waals surface area contributed by atoms with Crippen LogP contribution < -0.4 is 0 Å². The molecule has 0 amide bonds. The van der Waals surface area contributed by atoms with Gasteiger partial charge in [-0.15, -0.1) is 0 Å². The molecule has 1 aromatic heterocycles. The van der Waals surface area contributed by atoms with E-state index >= 15 is 0 Å². The number of morpholine rings is 1. The van der Waals surface area contributed by atoms with E-state index in [4.69, 9.17) is 4.74 Å². The molecule has 3 aromatic rings. The Kier molecular flexibility index (Phi) is 4.93. The van der Waals surface area contributed by atoms with Crippen LogP contribution in [-0.4, -0.2) is 47.8 Å². The molecule has 2 aromatic carbocycles. The van der Waals surface area contributed by atoms with Gasteiger partial charge in [-0.3, -0.25) is 9.88 Å². The summed E-state index contributed by atoms with van der Waals surface area (Å²) in [5.74, 6) is -0.281. The molecule has 0 bridgehead atoms. The highest BCUT2D eigenvalue weighted by Crippen LogP contribution is 2.25. The number of benzene rings is 2. The molecule has 5 heteroatoms. The molecule has 0 saturated carbocycles. The first-order valence-corrected chi connectivity index (χ1v) is 8.83. The first-order valence-electron chi connectivity index (χ1n) is 8.83. The molecule has 0 radical (unpaired) electrons. The van der Waals surface area contributed by atoms with Gasteiger partial charge in [-0.05, 0) is 29.3 Å². The summed E-state index contributed by atoms with van der Waals surface area (Å²) in [6.07, 6.45) is 1.24. The lowest BCUT2D eigenvalue weighted by Gasteiger charge is -2.28. The van der Waals surface area contributed by atoms with E-state index in [0.29, 0.717) is 12.1 Å². The van der Waals surface area contributed by atoms with Crippen molar-refractivity contribution in [3.05, 3.63) is 66.1 Å². The lowest BCUT2D eigenvalue weighted by atomic mass is 10.0. The van der Waals surface area contributed by atoms with Gasteiger partial charge in [0.15, 0.2) is 0 Å². The molecule has 0 spiro atoms. The Morgan fingerprint density at radius 2 is 1.81 bits per heavy atom. The highest BCUT2D eigenvalue weighted by atomic mass is 19.1. The molecule has 4 rings (SSSR count). The Bertz CT molecular complexity index is 892. The average Bonchev–Trinajstić information content (AvgIpc) is 2.68. The molecule has 1 fully saturated rings. The minimum atomic E-state index is -0.514. The Hall–Kier alpha value is -2.34. The van der Waals surface area contributed by atoms with Crippen molar-refractivity contribution in [2.45, 2.75) is 6.10 Å². The number of fused-ring (bicyclic) bond motifs is 1. The number of ether oxygens (including phenoxy) is 1.